The number of rotatable bonds is 5. The van der Waals surface area contributed by atoms with Gasteiger partial charge in [0.15, 0.2) is 17.5 Å². The number of carbonyl (C=O) groups excluding carboxylic acids is 1. The van der Waals surface area contributed by atoms with Crippen molar-refractivity contribution in [3.05, 3.63) is 59.7 Å². The molecular weight excluding hydrogens is 359 g/mol. The van der Waals surface area contributed by atoms with Crippen LogP contribution in [-0.4, -0.2) is 25.3 Å². The third kappa shape index (κ3) is 4.35. The predicted octanol–water partition coefficient (Wildman–Crippen LogP) is 4.37. The van der Waals surface area contributed by atoms with Crippen LogP contribution in [0.1, 0.15) is 36.4 Å². The number of benzene rings is 2. The maximum absolute atomic E-state index is 13.7. The number of carbonyl (C=O) groups is 1. The van der Waals surface area contributed by atoms with Crippen molar-refractivity contribution in [3.63, 3.8) is 0 Å². The second-order valence-corrected chi connectivity index (χ2v) is 6.26. The molecule has 3 rings (SSSR count). The summed E-state index contributed by atoms with van der Waals surface area (Å²) in [6.07, 6.45) is -4.25. The van der Waals surface area contributed by atoms with Gasteiger partial charge in [-0.2, -0.15) is 13.2 Å². The van der Waals surface area contributed by atoms with Gasteiger partial charge < -0.3 is 14.8 Å². The zero-order chi connectivity index (χ0) is 19.4. The lowest BCUT2D eigenvalue weighted by Gasteiger charge is -2.26. The highest BCUT2D eigenvalue weighted by Crippen LogP contribution is 2.38. The Morgan fingerprint density at radius 2 is 1.70 bits per heavy atom. The van der Waals surface area contributed by atoms with E-state index in [1.807, 2.05) is 0 Å². The molecule has 0 aromatic heterocycles. The molecule has 2 aromatic rings. The van der Waals surface area contributed by atoms with Gasteiger partial charge in [-0.1, -0.05) is 43.3 Å². The number of halogens is 3. The van der Waals surface area contributed by atoms with E-state index < -0.39 is 24.0 Å². The van der Waals surface area contributed by atoms with Gasteiger partial charge in [0.2, 0.25) is 5.91 Å². The second-order valence-electron chi connectivity index (χ2n) is 6.26. The molecule has 7 heteroatoms. The van der Waals surface area contributed by atoms with Crippen molar-refractivity contribution in [2.75, 3.05) is 13.2 Å². The molecule has 2 atom stereocenters. The number of ether oxygens (including phenoxy) is 2. The van der Waals surface area contributed by atoms with E-state index in [0.29, 0.717) is 24.3 Å². The summed E-state index contributed by atoms with van der Waals surface area (Å²) in [4.78, 5) is 12.6. The third-order valence-corrected chi connectivity index (χ3v) is 4.44. The number of hydrogen-bond donors (Lipinski definition) is 1. The molecule has 0 spiro atoms. The summed E-state index contributed by atoms with van der Waals surface area (Å²) in [6.45, 7) is 2.39. The molecule has 1 aliphatic rings. The number of fused-ring (bicyclic) bond motifs is 1. The summed E-state index contributed by atoms with van der Waals surface area (Å²) in [7, 11) is 0. The highest BCUT2D eigenvalue weighted by molar-refractivity contribution is 5.84. The van der Waals surface area contributed by atoms with Crippen LogP contribution in [0, 0.1) is 0 Å². The smallest absolute Gasteiger partial charge is 0.412 e. The molecule has 0 unspecified atom stereocenters. The van der Waals surface area contributed by atoms with Crippen molar-refractivity contribution in [2.45, 2.75) is 31.5 Å². The average molecular weight is 379 g/mol. The fourth-order valence-electron chi connectivity index (χ4n) is 3.09. The molecule has 0 aliphatic carbocycles. The summed E-state index contributed by atoms with van der Waals surface area (Å²) in [5.41, 5.74) is 0.587. The Labute approximate surface area is 155 Å². The first kappa shape index (κ1) is 19.1. The summed E-state index contributed by atoms with van der Waals surface area (Å²) in [5.74, 6) is -0.681. The molecular formula is C20H20F3NO3. The Kier molecular flexibility index (Phi) is 5.58. The van der Waals surface area contributed by atoms with E-state index in [4.69, 9.17) is 9.47 Å². The fourth-order valence-corrected chi connectivity index (χ4v) is 3.09. The molecule has 1 heterocycles. The Morgan fingerprint density at radius 3 is 2.33 bits per heavy atom. The Bertz CT molecular complexity index is 793. The molecule has 0 saturated heterocycles. The molecule has 1 aliphatic heterocycles. The predicted molar refractivity (Wildman–Crippen MR) is 93.8 cm³/mol. The Morgan fingerprint density at radius 1 is 1.04 bits per heavy atom. The molecule has 144 valence electrons. The van der Waals surface area contributed by atoms with E-state index in [-0.39, 0.29) is 17.9 Å². The minimum atomic E-state index is -4.64. The standard InChI is InChI=1S/C20H20F3NO3/c1-2-15(13-6-4-3-5-7-13)19(25)24-18(20(21,22)23)14-8-9-16-17(12-14)27-11-10-26-16/h3-9,12,15,18H,2,10-11H2,1H3,(H,24,25)/t15-,18-/m0/s1. The zero-order valence-electron chi connectivity index (χ0n) is 14.8. The first-order valence-electron chi connectivity index (χ1n) is 8.71. The van der Waals surface area contributed by atoms with E-state index in [2.05, 4.69) is 5.32 Å². The van der Waals surface area contributed by atoms with Gasteiger partial charge in [-0.15, -0.1) is 0 Å². The van der Waals surface area contributed by atoms with Crippen molar-refractivity contribution in [2.24, 2.45) is 0 Å². The number of nitrogens with one attached hydrogen (secondary N) is 1. The summed E-state index contributed by atoms with van der Waals surface area (Å²) in [5, 5.41) is 2.17. The molecule has 0 saturated carbocycles. The average Bonchev–Trinajstić information content (AvgIpc) is 2.66. The van der Waals surface area contributed by atoms with Crippen LogP contribution in [0.5, 0.6) is 11.5 Å². The summed E-state index contributed by atoms with van der Waals surface area (Å²) >= 11 is 0. The van der Waals surface area contributed by atoms with E-state index >= 15 is 0 Å². The Hall–Kier alpha value is -2.70. The maximum Gasteiger partial charge on any atom is 0.412 e. The first-order chi connectivity index (χ1) is 12.9. The lowest BCUT2D eigenvalue weighted by Crippen LogP contribution is -2.40. The highest BCUT2D eigenvalue weighted by atomic mass is 19.4. The minimum Gasteiger partial charge on any atom is -0.486 e. The van der Waals surface area contributed by atoms with E-state index in [9.17, 15) is 18.0 Å². The van der Waals surface area contributed by atoms with E-state index in [1.165, 1.54) is 18.2 Å². The van der Waals surface area contributed by atoms with Gasteiger partial charge in [0, 0.05) is 0 Å². The van der Waals surface area contributed by atoms with Gasteiger partial charge in [0.1, 0.15) is 13.2 Å². The van der Waals surface area contributed by atoms with Crippen LogP contribution in [0.3, 0.4) is 0 Å². The van der Waals surface area contributed by atoms with Crippen molar-refractivity contribution in [3.8, 4) is 11.5 Å². The monoisotopic (exact) mass is 379 g/mol. The van der Waals surface area contributed by atoms with Gasteiger partial charge in [-0.05, 0) is 29.7 Å². The molecule has 27 heavy (non-hydrogen) atoms. The molecule has 2 aromatic carbocycles. The van der Waals surface area contributed by atoms with Crippen molar-refractivity contribution in [1.29, 1.82) is 0 Å². The number of hydrogen-bond acceptors (Lipinski definition) is 3. The Balaban J connectivity index is 1.86. The normalized spacial score (nSPS) is 15.7. The van der Waals surface area contributed by atoms with Crippen LogP contribution in [0.4, 0.5) is 13.2 Å². The lowest BCUT2D eigenvalue weighted by atomic mass is 9.94. The maximum atomic E-state index is 13.7. The van der Waals surface area contributed by atoms with Gasteiger partial charge in [-0.25, -0.2) is 0 Å². The lowest BCUT2D eigenvalue weighted by molar-refractivity contribution is -0.164. The highest BCUT2D eigenvalue weighted by Gasteiger charge is 2.43. The van der Waals surface area contributed by atoms with Crippen molar-refractivity contribution in [1.82, 2.24) is 5.32 Å². The van der Waals surface area contributed by atoms with Gasteiger partial charge >= 0.3 is 6.18 Å². The zero-order valence-corrected chi connectivity index (χ0v) is 14.8. The number of alkyl halides is 3. The molecule has 0 fully saturated rings. The van der Waals surface area contributed by atoms with Gasteiger partial charge in [0.05, 0.1) is 5.92 Å². The van der Waals surface area contributed by atoms with Crippen LogP contribution in [0.25, 0.3) is 0 Å². The van der Waals surface area contributed by atoms with Crippen molar-refractivity contribution < 1.29 is 27.4 Å². The second kappa shape index (κ2) is 7.90. The minimum absolute atomic E-state index is 0.0944. The summed E-state index contributed by atoms with van der Waals surface area (Å²) in [6, 6.07) is 10.7. The molecule has 1 amide bonds. The van der Waals surface area contributed by atoms with Crippen molar-refractivity contribution >= 4 is 5.91 Å². The van der Waals surface area contributed by atoms with E-state index in [1.54, 1.807) is 37.3 Å². The largest absolute Gasteiger partial charge is 0.486 e. The molecule has 0 bridgehead atoms. The van der Waals surface area contributed by atoms with Crippen LogP contribution in [-0.2, 0) is 4.79 Å². The molecule has 4 nitrogen and oxygen atoms in total. The molecule has 1 N–H and O–H groups in total. The first-order valence-corrected chi connectivity index (χ1v) is 8.71. The van der Waals surface area contributed by atoms with Crippen LogP contribution < -0.4 is 14.8 Å². The number of amides is 1. The van der Waals surface area contributed by atoms with Crippen LogP contribution >= 0.6 is 0 Å². The molecule has 0 radical (unpaired) electrons. The van der Waals surface area contributed by atoms with Crippen LogP contribution in [0.2, 0.25) is 0 Å². The van der Waals surface area contributed by atoms with E-state index in [0.717, 1.165) is 0 Å². The van der Waals surface area contributed by atoms with Gasteiger partial charge in [0.25, 0.3) is 0 Å². The fraction of sp³-hybridized carbons (Fsp3) is 0.350. The van der Waals surface area contributed by atoms with Crippen LogP contribution in [0.15, 0.2) is 48.5 Å². The quantitative estimate of drug-likeness (QED) is 0.839. The third-order valence-electron chi connectivity index (χ3n) is 4.44. The summed E-state index contributed by atoms with van der Waals surface area (Å²) < 4.78 is 51.8. The van der Waals surface area contributed by atoms with Gasteiger partial charge in [-0.3, -0.25) is 4.79 Å². The topological polar surface area (TPSA) is 47.6 Å². The SMILES string of the molecule is CC[C@H](C(=O)N[C@@H](c1ccc2c(c1)OCCO2)C(F)(F)F)c1ccccc1.